The van der Waals surface area contributed by atoms with Gasteiger partial charge in [-0.1, -0.05) is 15.9 Å². The Balaban J connectivity index is 1.98. The van der Waals surface area contributed by atoms with E-state index in [4.69, 9.17) is 10.7 Å². The topological polar surface area (TPSA) is 43.8 Å². The first kappa shape index (κ1) is 11.0. The summed E-state index contributed by atoms with van der Waals surface area (Å²) >= 11 is 3.53. The Hall–Kier alpha value is -0.870. The Morgan fingerprint density at radius 3 is 2.78 bits per heavy atom. The maximum atomic E-state index is 5.98. The molecule has 0 amide bonds. The highest BCUT2D eigenvalue weighted by Gasteiger charge is 2.48. The first-order valence-electron chi connectivity index (χ1n) is 6.62. The van der Waals surface area contributed by atoms with E-state index < -0.39 is 0 Å². The minimum absolute atomic E-state index is 0.175. The van der Waals surface area contributed by atoms with E-state index >= 15 is 0 Å². The summed E-state index contributed by atoms with van der Waals surface area (Å²) in [6.45, 7) is 0.726. The number of imidazole rings is 1. The fraction of sp³-hybridized carbons (Fsp3) is 0.500. The predicted molar refractivity (Wildman–Crippen MR) is 75.7 cm³/mol. The van der Waals surface area contributed by atoms with Crippen molar-refractivity contribution >= 4 is 27.0 Å². The predicted octanol–water partition coefficient (Wildman–Crippen LogP) is 3.12. The van der Waals surface area contributed by atoms with Crippen LogP contribution in [0, 0.1) is 0 Å². The van der Waals surface area contributed by atoms with Gasteiger partial charge in [-0.3, -0.25) is 0 Å². The number of aromatic nitrogens is 2. The summed E-state index contributed by atoms with van der Waals surface area (Å²) in [5.41, 5.74) is 8.53. The van der Waals surface area contributed by atoms with E-state index in [0.717, 1.165) is 16.5 Å². The van der Waals surface area contributed by atoms with Crippen LogP contribution in [0.1, 0.15) is 37.5 Å². The number of halogens is 1. The maximum absolute atomic E-state index is 5.98. The van der Waals surface area contributed by atoms with Crippen LogP contribution >= 0.6 is 15.9 Å². The van der Waals surface area contributed by atoms with Crippen LogP contribution in [0.3, 0.4) is 0 Å². The number of fused-ring (bicyclic) bond motifs is 1. The van der Waals surface area contributed by atoms with Gasteiger partial charge in [0.25, 0.3) is 0 Å². The van der Waals surface area contributed by atoms with Gasteiger partial charge in [0.1, 0.15) is 5.82 Å². The standard InChI is InChI=1S/C14H16BrN3/c15-9-1-4-12-11(7-9)17-13(14(8-16)5-6-14)18(12)10-2-3-10/h1,4,7,10H,2-3,5-6,8,16H2. The molecule has 0 spiro atoms. The van der Waals surface area contributed by atoms with Crippen LogP contribution in [-0.4, -0.2) is 16.1 Å². The van der Waals surface area contributed by atoms with Gasteiger partial charge in [0.15, 0.2) is 0 Å². The Kier molecular flexibility index (Phi) is 2.19. The lowest BCUT2D eigenvalue weighted by Crippen LogP contribution is -2.24. The normalized spacial score (nSPS) is 21.4. The van der Waals surface area contributed by atoms with Gasteiger partial charge >= 0.3 is 0 Å². The molecule has 4 heteroatoms. The number of nitrogens with two attached hydrogens (primary N) is 1. The quantitative estimate of drug-likeness (QED) is 0.947. The average molecular weight is 306 g/mol. The van der Waals surface area contributed by atoms with Crippen molar-refractivity contribution in [3.63, 3.8) is 0 Å². The number of hydrogen-bond donors (Lipinski definition) is 1. The second-order valence-electron chi connectivity index (χ2n) is 5.65. The van der Waals surface area contributed by atoms with E-state index in [1.807, 2.05) is 0 Å². The monoisotopic (exact) mass is 305 g/mol. The minimum Gasteiger partial charge on any atom is -0.329 e. The first-order valence-corrected chi connectivity index (χ1v) is 7.41. The largest absolute Gasteiger partial charge is 0.329 e. The van der Waals surface area contributed by atoms with Crippen molar-refractivity contribution in [2.75, 3.05) is 6.54 Å². The SMILES string of the molecule is NCC1(c2nc3cc(Br)ccc3n2C2CC2)CC1. The lowest BCUT2D eigenvalue weighted by Gasteiger charge is -2.15. The van der Waals surface area contributed by atoms with Gasteiger partial charge in [0.05, 0.1) is 11.0 Å². The molecule has 3 nitrogen and oxygen atoms in total. The van der Waals surface area contributed by atoms with Crippen LogP contribution < -0.4 is 5.73 Å². The molecule has 1 aromatic carbocycles. The van der Waals surface area contributed by atoms with Gasteiger partial charge in [0.2, 0.25) is 0 Å². The molecule has 18 heavy (non-hydrogen) atoms. The van der Waals surface area contributed by atoms with Crippen LogP contribution in [0.4, 0.5) is 0 Å². The van der Waals surface area contributed by atoms with Gasteiger partial charge in [-0.2, -0.15) is 0 Å². The highest BCUT2D eigenvalue weighted by atomic mass is 79.9. The molecule has 2 aromatic rings. The molecule has 0 atom stereocenters. The number of nitrogens with zero attached hydrogens (tertiary/aromatic N) is 2. The summed E-state index contributed by atoms with van der Waals surface area (Å²) < 4.78 is 3.56. The van der Waals surface area contributed by atoms with Crippen molar-refractivity contribution in [3.8, 4) is 0 Å². The summed E-state index contributed by atoms with van der Waals surface area (Å²) in [6, 6.07) is 7.06. The van der Waals surface area contributed by atoms with Crippen LogP contribution in [0.2, 0.25) is 0 Å². The fourth-order valence-electron chi connectivity index (χ4n) is 2.82. The van der Waals surface area contributed by atoms with Crippen molar-refractivity contribution in [1.29, 1.82) is 0 Å². The molecule has 94 valence electrons. The number of rotatable bonds is 3. The Morgan fingerprint density at radius 2 is 2.17 bits per heavy atom. The van der Waals surface area contributed by atoms with Gasteiger partial charge in [-0.15, -0.1) is 0 Å². The molecule has 2 aliphatic carbocycles. The van der Waals surface area contributed by atoms with Crippen LogP contribution in [0.5, 0.6) is 0 Å². The second-order valence-corrected chi connectivity index (χ2v) is 6.57. The van der Waals surface area contributed by atoms with Crippen LogP contribution in [-0.2, 0) is 5.41 Å². The van der Waals surface area contributed by atoms with Gasteiger partial charge in [-0.25, -0.2) is 4.98 Å². The van der Waals surface area contributed by atoms with Gasteiger partial charge < -0.3 is 10.3 Å². The molecule has 2 aliphatic rings. The third-order valence-corrected chi connectivity index (χ3v) is 4.78. The average Bonchev–Trinajstić information content (AvgIpc) is 3.27. The maximum Gasteiger partial charge on any atom is 0.117 e. The van der Waals surface area contributed by atoms with Crippen molar-refractivity contribution < 1.29 is 0 Å². The molecule has 0 unspecified atom stereocenters. The summed E-state index contributed by atoms with van der Waals surface area (Å²) in [5, 5.41) is 0. The van der Waals surface area contributed by atoms with Gasteiger partial charge in [0, 0.05) is 22.5 Å². The van der Waals surface area contributed by atoms with Gasteiger partial charge in [-0.05, 0) is 43.9 Å². The van der Waals surface area contributed by atoms with Crippen LogP contribution in [0.25, 0.3) is 11.0 Å². The Bertz CT molecular complexity index is 623. The molecule has 4 rings (SSSR count). The third kappa shape index (κ3) is 1.48. The molecule has 0 radical (unpaired) electrons. The molecule has 1 heterocycles. The number of hydrogen-bond acceptors (Lipinski definition) is 2. The van der Waals surface area contributed by atoms with Crippen molar-refractivity contribution in [3.05, 3.63) is 28.5 Å². The lowest BCUT2D eigenvalue weighted by molar-refractivity contribution is 0.586. The zero-order chi connectivity index (χ0) is 12.3. The van der Waals surface area contributed by atoms with Crippen LogP contribution in [0.15, 0.2) is 22.7 Å². The first-order chi connectivity index (χ1) is 8.73. The lowest BCUT2D eigenvalue weighted by atomic mass is 10.1. The molecule has 2 N–H and O–H groups in total. The number of benzene rings is 1. The van der Waals surface area contributed by atoms with E-state index in [-0.39, 0.29) is 5.41 Å². The summed E-state index contributed by atoms with van der Waals surface area (Å²) in [7, 11) is 0. The molecule has 2 fully saturated rings. The molecule has 0 aliphatic heterocycles. The minimum atomic E-state index is 0.175. The molecular formula is C14H16BrN3. The summed E-state index contributed by atoms with van der Waals surface area (Å²) in [5.74, 6) is 1.24. The highest BCUT2D eigenvalue weighted by Crippen LogP contribution is 2.50. The van der Waals surface area contributed by atoms with E-state index in [2.05, 4.69) is 38.7 Å². The Labute approximate surface area is 115 Å². The molecule has 0 saturated heterocycles. The van der Waals surface area contributed by atoms with E-state index in [1.54, 1.807) is 0 Å². The zero-order valence-electron chi connectivity index (χ0n) is 10.2. The second kappa shape index (κ2) is 3.58. The molecule has 1 aromatic heterocycles. The van der Waals surface area contributed by atoms with E-state index in [0.29, 0.717) is 6.04 Å². The fourth-order valence-corrected chi connectivity index (χ4v) is 3.17. The third-order valence-electron chi connectivity index (χ3n) is 4.28. The van der Waals surface area contributed by atoms with Crippen molar-refractivity contribution in [2.45, 2.75) is 37.1 Å². The molecule has 2 saturated carbocycles. The van der Waals surface area contributed by atoms with Crippen molar-refractivity contribution in [1.82, 2.24) is 9.55 Å². The van der Waals surface area contributed by atoms with E-state index in [1.165, 1.54) is 37.0 Å². The summed E-state index contributed by atoms with van der Waals surface area (Å²) in [4.78, 5) is 4.89. The zero-order valence-corrected chi connectivity index (χ0v) is 11.8. The Morgan fingerprint density at radius 1 is 1.39 bits per heavy atom. The smallest absolute Gasteiger partial charge is 0.117 e. The summed E-state index contributed by atoms with van der Waals surface area (Å²) in [6.07, 6.45) is 4.96. The van der Waals surface area contributed by atoms with E-state index in [9.17, 15) is 0 Å². The molecular weight excluding hydrogens is 290 g/mol. The highest BCUT2D eigenvalue weighted by molar-refractivity contribution is 9.10. The molecule has 0 bridgehead atoms. The van der Waals surface area contributed by atoms with Crippen molar-refractivity contribution in [2.24, 2.45) is 5.73 Å².